The van der Waals surface area contributed by atoms with Crippen LogP contribution in [0.25, 0.3) is 22.7 Å². The fraction of sp³-hybridized carbons (Fsp3) is 0.176. The number of benzene rings is 3. The lowest BCUT2D eigenvalue weighted by molar-refractivity contribution is 0.251. The summed E-state index contributed by atoms with van der Waals surface area (Å²) >= 11 is 9.68. The predicted molar refractivity (Wildman–Crippen MR) is 186 cm³/mol. The fourth-order valence-corrected chi connectivity index (χ4v) is 6.30. The predicted octanol–water partition coefficient (Wildman–Crippen LogP) is 8.32. The molecule has 0 aliphatic rings. The molecule has 0 aliphatic carbocycles. The van der Waals surface area contributed by atoms with Gasteiger partial charge in [0.25, 0.3) is 0 Å². The van der Waals surface area contributed by atoms with E-state index in [0.717, 1.165) is 32.3 Å². The van der Waals surface area contributed by atoms with E-state index in [0.29, 0.717) is 34.4 Å². The zero-order valence-corrected chi connectivity index (χ0v) is 28.0. The normalized spacial score (nSPS) is 11.6. The van der Waals surface area contributed by atoms with Gasteiger partial charge in [0, 0.05) is 34.2 Å². The molecule has 0 spiro atoms. The number of aromatic hydroxyl groups is 1. The van der Waals surface area contributed by atoms with Crippen LogP contribution in [0.1, 0.15) is 30.7 Å². The molecule has 0 bridgehead atoms. The molecule has 9 nitrogen and oxygen atoms in total. The van der Waals surface area contributed by atoms with Crippen molar-refractivity contribution in [1.82, 2.24) is 29.7 Å². The van der Waals surface area contributed by atoms with Gasteiger partial charge in [-0.05, 0) is 81.1 Å². The summed E-state index contributed by atoms with van der Waals surface area (Å²) in [6, 6.07) is 26.2. The van der Waals surface area contributed by atoms with E-state index < -0.39 is 0 Å². The number of aryl methyl sites for hydroxylation is 1. The molecule has 234 valence electrons. The van der Waals surface area contributed by atoms with Gasteiger partial charge in [-0.3, -0.25) is 9.72 Å². The summed E-state index contributed by atoms with van der Waals surface area (Å²) in [6.07, 6.45) is 4.00. The number of pyridine rings is 1. The van der Waals surface area contributed by atoms with Crippen molar-refractivity contribution >= 4 is 52.6 Å². The van der Waals surface area contributed by atoms with Crippen LogP contribution in [-0.4, -0.2) is 41.8 Å². The number of nitrogens with zero attached hydrogens (tertiary/aromatic N) is 5. The Morgan fingerprint density at radius 1 is 1.00 bits per heavy atom. The lowest BCUT2D eigenvalue weighted by atomic mass is 10.1. The van der Waals surface area contributed by atoms with Crippen molar-refractivity contribution in [1.29, 1.82) is 0 Å². The summed E-state index contributed by atoms with van der Waals surface area (Å²) in [6.45, 7) is 6.58. The zero-order valence-electron chi connectivity index (χ0n) is 25.7. The standard InChI is InChI=1S/C34H32ClN7O2S2/c1-21-9-11-23(12-10-21)42-31(18-29(40-42)34(2,3)45-4)37-33(44)36-19-22-7-5-6-8-28(22)46-25-14-16-30-38-39-32(41(30)20-25)26-15-13-24(43)17-27(26)35/h5-18,20,43H,19H2,1-4H3,(H2,36,37,44). The van der Waals surface area contributed by atoms with Gasteiger partial charge in [-0.25, -0.2) is 9.48 Å². The molecule has 2 amide bonds. The number of aromatic nitrogens is 5. The topological polar surface area (TPSA) is 109 Å². The third-order valence-corrected chi connectivity index (χ3v) is 10.2. The Hall–Kier alpha value is -4.45. The summed E-state index contributed by atoms with van der Waals surface area (Å²) in [5.41, 5.74) is 5.18. The summed E-state index contributed by atoms with van der Waals surface area (Å²) in [5.74, 6) is 1.25. The number of urea groups is 1. The first-order valence-electron chi connectivity index (χ1n) is 14.5. The Bertz CT molecular complexity index is 2040. The van der Waals surface area contributed by atoms with Gasteiger partial charge >= 0.3 is 6.03 Å². The first-order chi connectivity index (χ1) is 22.1. The highest BCUT2D eigenvalue weighted by Crippen LogP contribution is 2.36. The number of anilines is 1. The van der Waals surface area contributed by atoms with Gasteiger partial charge in [0.15, 0.2) is 11.5 Å². The molecule has 0 fully saturated rings. The maximum absolute atomic E-state index is 13.2. The molecule has 0 atom stereocenters. The molecule has 3 aromatic heterocycles. The molecular weight excluding hydrogens is 638 g/mol. The molecule has 46 heavy (non-hydrogen) atoms. The Labute approximate surface area is 280 Å². The van der Waals surface area contributed by atoms with E-state index >= 15 is 0 Å². The smallest absolute Gasteiger partial charge is 0.320 e. The number of carbonyl (C=O) groups excluding carboxylic acids is 1. The average molecular weight is 670 g/mol. The van der Waals surface area contributed by atoms with Crippen LogP contribution in [0.4, 0.5) is 10.6 Å². The van der Waals surface area contributed by atoms with E-state index in [-0.39, 0.29) is 16.5 Å². The minimum atomic E-state index is -0.331. The van der Waals surface area contributed by atoms with Crippen molar-refractivity contribution in [3.05, 3.63) is 113 Å². The molecule has 3 aromatic carbocycles. The quantitative estimate of drug-likeness (QED) is 0.142. The summed E-state index contributed by atoms with van der Waals surface area (Å²) in [5, 5.41) is 29.7. The number of hydrogen-bond acceptors (Lipinski definition) is 7. The van der Waals surface area contributed by atoms with Crippen molar-refractivity contribution < 1.29 is 9.90 Å². The largest absolute Gasteiger partial charge is 0.508 e. The number of rotatable bonds is 9. The van der Waals surface area contributed by atoms with Crippen LogP contribution in [0.5, 0.6) is 5.75 Å². The van der Waals surface area contributed by atoms with Crippen LogP contribution < -0.4 is 10.6 Å². The van der Waals surface area contributed by atoms with E-state index in [1.807, 2.05) is 84.3 Å². The second-order valence-electron chi connectivity index (χ2n) is 11.2. The highest BCUT2D eigenvalue weighted by Gasteiger charge is 2.25. The molecule has 0 saturated carbocycles. The molecule has 3 N–H and O–H groups in total. The zero-order chi connectivity index (χ0) is 32.4. The van der Waals surface area contributed by atoms with E-state index in [1.54, 1.807) is 40.3 Å². The minimum absolute atomic E-state index is 0.0823. The maximum atomic E-state index is 13.2. The average Bonchev–Trinajstić information content (AvgIpc) is 3.66. The van der Waals surface area contributed by atoms with Crippen LogP contribution in [0.3, 0.4) is 0 Å². The third kappa shape index (κ3) is 6.72. The second-order valence-corrected chi connectivity index (χ2v) is 14.1. The van der Waals surface area contributed by atoms with Gasteiger partial charge in [0.2, 0.25) is 0 Å². The van der Waals surface area contributed by atoms with Crippen LogP contribution in [0, 0.1) is 6.92 Å². The van der Waals surface area contributed by atoms with Gasteiger partial charge < -0.3 is 10.4 Å². The van der Waals surface area contributed by atoms with Crippen molar-refractivity contribution in [3.63, 3.8) is 0 Å². The monoisotopic (exact) mass is 669 g/mol. The summed E-state index contributed by atoms with van der Waals surface area (Å²) < 4.78 is 3.42. The van der Waals surface area contributed by atoms with Crippen LogP contribution >= 0.6 is 35.1 Å². The van der Waals surface area contributed by atoms with Crippen molar-refractivity contribution in [2.24, 2.45) is 0 Å². The van der Waals surface area contributed by atoms with Gasteiger partial charge in [0.1, 0.15) is 11.6 Å². The lowest BCUT2D eigenvalue weighted by Gasteiger charge is -2.18. The SMILES string of the molecule is CSC(C)(C)c1cc(NC(=O)NCc2ccccc2Sc2ccc3nnc(-c4ccc(O)cc4Cl)n3c2)n(-c2ccc(C)cc2)n1. The first kappa shape index (κ1) is 31.5. The summed E-state index contributed by atoms with van der Waals surface area (Å²) in [4.78, 5) is 15.2. The highest BCUT2D eigenvalue weighted by molar-refractivity contribution is 7.99. The Morgan fingerprint density at radius 2 is 1.78 bits per heavy atom. The molecule has 0 aliphatic heterocycles. The van der Waals surface area contributed by atoms with E-state index in [4.69, 9.17) is 16.7 Å². The molecule has 6 rings (SSSR count). The second kappa shape index (κ2) is 13.1. The van der Waals surface area contributed by atoms with Gasteiger partial charge in [-0.1, -0.05) is 59.3 Å². The Morgan fingerprint density at radius 3 is 2.54 bits per heavy atom. The van der Waals surface area contributed by atoms with E-state index in [2.05, 4.69) is 40.9 Å². The molecule has 3 heterocycles. The molecule has 6 aromatic rings. The molecule has 0 radical (unpaired) electrons. The number of hydrogen-bond donors (Lipinski definition) is 3. The molecular formula is C34H32ClN7O2S2. The molecule has 12 heteroatoms. The van der Waals surface area contributed by atoms with E-state index in [1.165, 1.54) is 6.07 Å². The molecule has 0 saturated heterocycles. The third-order valence-electron chi connectivity index (χ3n) is 7.57. The van der Waals surface area contributed by atoms with Crippen LogP contribution in [0.15, 0.2) is 101 Å². The Balaban J connectivity index is 1.20. The molecule has 0 unspecified atom stereocenters. The van der Waals surface area contributed by atoms with Crippen molar-refractivity contribution in [2.45, 2.75) is 41.9 Å². The lowest BCUT2D eigenvalue weighted by Crippen LogP contribution is -2.29. The number of halogens is 1. The van der Waals surface area contributed by atoms with Gasteiger partial charge in [-0.15, -0.1) is 10.2 Å². The van der Waals surface area contributed by atoms with Crippen molar-refractivity contribution in [2.75, 3.05) is 11.6 Å². The van der Waals surface area contributed by atoms with Gasteiger partial charge in [0.05, 0.1) is 21.2 Å². The van der Waals surface area contributed by atoms with Gasteiger partial charge in [-0.2, -0.15) is 16.9 Å². The van der Waals surface area contributed by atoms with E-state index in [9.17, 15) is 9.90 Å². The highest BCUT2D eigenvalue weighted by atomic mass is 35.5. The number of thioether (sulfide) groups is 1. The number of phenolic OH excluding ortho intramolecular Hbond substituents is 1. The summed E-state index contributed by atoms with van der Waals surface area (Å²) in [7, 11) is 0. The number of carbonyl (C=O) groups is 1. The first-order valence-corrected chi connectivity index (χ1v) is 16.9. The Kier molecular flexibility index (Phi) is 8.99. The number of amides is 2. The number of nitrogens with one attached hydrogen (secondary N) is 2. The van der Waals surface area contributed by atoms with Crippen LogP contribution in [0.2, 0.25) is 5.02 Å². The maximum Gasteiger partial charge on any atom is 0.320 e. The van der Waals surface area contributed by atoms with Crippen LogP contribution in [-0.2, 0) is 11.3 Å². The fourth-order valence-electron chi connectivity index (χ4n) is 4.76. The minimum Gasteiger partial charge on any atom is -0.508 e. The number of fused-ring (bicyclic) bond motifs is 1. The van der Waals surface area contributed by atoms with Crippen molar-refractivity contribution in [3.8, 4) is 22.8 Å². The number of phenols is 1.